The van der Waals surface area contributed by atoms with Crippen molar-refractivity contribution in [3.63, 3.8) is 0 Å². The van der Waals surface area contributed by atoms with Gasteiger partial charge in [-0.15, -0.1) is 10.2 Å². The lowest BCUT2D eigenvalue weighted by Crippen LogP contribution is -2.44. The summed E-state index contributed by atoms with van der Waals surface area (Å²) < 4.78 is 0.735. The summed E-state index contributed by atoms with van der Waals surface area (Å²) in [4.78, 5) is 25.5. The van der Waals surface area contributed by atoms with Crippen molar-refractivity contribution in [2.24, 2.45) is 11.7 Å². The molecule has 0 aliphatic carbocycles. The minimum Gasteiger partial charge on any atom is -0.369 e. The molecule has 1 atom stereocenters. The fraction of sp³-hybridized carbons (Fsp3) is 0.444. The summed E-state index contributed by atoms with van der Waals surface area (Å²) in [6.45, 7) is 5.20. The van der Waals surface area contributed by atoms with Crippen LogP contribution in [0, 0.1) is 19.8 Å². The molecule has 1 aliphatic rings. The van der Waals surface area contributed by atoms with Crippen LogP contribution in [0.5, 0.6) is 0 Å². The number of hydrogen-bond acceptors (Lipinski definition) is 7. The van der Waals surface area contributed by atoms with Crippen LogP contribution < -0.4 is 11.1 Å². The summed E-state index contributed by atoms with van der Waals surface area (Å²) in [5.74, 6) is -0.275. The topological polar surface area (TPSA) is 101 Å². The molecule has 1 aliphatic heterocycles. The van der Waals surface area contributed by atoms with Crippen molar-refractivity contribution in [3.8, 4) is 0 Å². The zero-order valence-electron chi connectivity index (χ0n) is 15.4. The number of likely N-dealkylation sites (tertiary alicyclic amines) is 1. The van der Waals surface area contributed by atoms with E-state index in [4.69, 9.17) is 5.73 Å². The molecule has 1 saturated heterocycles. The van der Waals surface area contributed by atoms with Gasteiger partial charge in [0.1, 0.15) is 0 Å². The van der Waals surface area contributed by atoms with Crippen LogP contribution in [0.2, 0.25) is 0 Å². The molecule has 0 radical (unpaired) electrons. The number of rotatable bonds is 6. The van der Waals surface area contributed by atoms with E-state index in [-0.39, 0.29) is 23.5 Å². The number of hydrogen-bond donors (Lipinski definition) is 2. The Morgan fingerprint density at radius 1 is 1.37 bits per heavy atom. The average molecular weight is 406 g/mol. The molecular weight excluding hydrogens is 382 g/mol. The van der Waals surface area contributed by atoms with Gasteiger partial charge in [0.15, 0.2) is 4.34 Å². The third-order valence-corrected chi connectivity index (χ3v) is 6.48. The predicted molar refractivity (Wildman–Crippen MR) is 108 cm³/mol. The Morgan fingerprint density at radius 3 is 2.93 bits per heavy atom. The van der Waals surface area contributed by atoms with E-state index in [1.54, 1.807) is 4.90 Å². The number of thioether (sulfide) groups is 1. The Balaban J connectivity index is 1.53. The molecule has 2 heterocycles. The molecule has 0 unspecified atom stereocenters. The Bertz CT molecular complexity index is 839. The van der Waals surface area contributed by atoms with E-state index in [1.165, 1.54) is 28.7 Å². The molecule has 0 saturated carbocycles. The van der Waals surface area contributed by atoms with Crippen molar-refractivity contribution < 1.29 is 9.59 Å². The normalized spacial score (nSPS) is 17.0. The van der Waals surface area contributed by atoms with E-state index >= 15 is 0 Å². The second kappa shape index (κ2) is 8.71. The lowest BCUT2D eigenvalue weighted by atomic mass is 9.97. The summed E-state index contributed by atoms with van der Waals surface area (Å²) in [5, 5.41) is 12.3. The van der Waals surface area contributed by atoms with Crippen LogP contribution in [0.3, 0.4) is 0 Å². The number of carbonyl (C=O) groups excluding carboxylic acids is 2. The maximum Gasteiger partial charge on any atom is 0.233 e. The van der Waals surface area contributed by atoms with Crippen LogP contribution >= 0.6 is 23.1 Å². The quantitative estimate of drug-likeness (QED) is 0.717. The highest BCUT2D eigenvalue weighted by Gasteiger charge is 2.27. The van der Waals surface area contributed by atoms with E-state index in [9.17, 15) is 9.59 Å². The molecule has 0 bridgehead atoms. The lowest BCUT2D eigenvalue weighted by Gasteiger charge is -2.31. The number of nitrogens with zero attached hydrogens (tertiary/aromatic N) is 3. The smallest absolute Gasteiger partial charge is 0.233 e. The maximum absolute atomic E-state index is 12.4. The molecule has 7 nitrogen and oxygen atoms in total. The first-order valence-electron chi connectivity index (χ1n) is 8.80. The summed E-state index contributed by atoms with van der Waals surface area (Å²) >= 11 is 2.79. The molecule has 2 amide bonds. The Morgan fingerprint density at radius 2 is 2.19 bits per heavy atom. The molecule has 1 aromatic carbocycles. The second-order valence-electron chi connectivity index (χ2n) is 6.69. The number of anilines is 2. The summed E-state index contributed by atoms with van der Waals surface area (Å²) in [7, 11) is 0. The van der Waals surface area contributed by atoms with Gasteiger partial charge >= 0.3 is 0 Å². The number of amides is 2. The summed E-state index contributed by atoms with van der Waals surface area (Å²) in [6.07, 6.45) is 1.57. The number of nitrogens with two attached hydrogens (primary N) is 1. The highest BCUT2D eigenvalue weighted by molar-refractivity contribution is 8.01. The number of benzene rings is 1. The minimum absolute atomic E-state index is 0.00467. The van der Waals surface area contributed by atoms with Gasteiger partial charge in [-0.05, 0) is 38.3 Å². The minimum atomic E-state index is -0.327. The zero-order valence-corrected chi connectivity index (χ0v) is 17.0. The molecule has 0 spiro atoms. The Kier molecular flexibility index (Phi) is 6.33. The molecule has 27 heavy (non-hydrogen) atoms. The monoisotopic (exact) mass is 405 g/mol. The van der Waals surface area contributed by atoms with E-state index in [1.807, 2.05) is 19.1 Å². The van der Waals surface area contributed by atoms with Crippen LogP contribution in [0.1, 0.15) is 24.0 Å². The standard InChI is InChI=1S/C18H23N5O2S2/c1-11-5-6-14(12(2)8-11)20-17-21-22-18(27-17)26-10-15(24)23-7-3-4-13(9-23)16(19)25/h5-6,8,13H,3-4,7,9-10H2,1-2H3,(H2,19,25)(H,20,21)/t13-/m0/s1. The zero-order chi connectivity index (χ0) is 19.4. The number of aromatic nitrogens is 2. The molecule has 1 fully saturated rings. The second-order valence-corrected chi connectivity index (χ2v) is 8.89. The third kappa shape index (κ3) is 5.20. The van der Waals surface area contributed by atoms with Gasteiger partial charge in [0.05, 0.1) is 11.7 Å². The van der Waals surface area contributed by atoms with Gasteiger partial charge in [-0.2, -0.15) is 0 Å². The van der Waals surface area contributed by atoms with Crippen LogP contribution in [0.15, 0.2) is 22.5 Å². The lowest BCUT2D eigenvalue weighted by molar-refractivity contribution is -0.132. The van der Waals surface area contributed by atoms with Crippen LogP contribution in [-0.2, 0) is 9.59 Å². The van der Waals surface area contributed by atoms with E-state index < -0.39 is 0 Å². The first-order valence-corrected chi connectivity index (χ1v) is 10.6. The molecule has 9 heteroatoms. The first kappa shape index (κ1) is 19.6. The number of nitrogens with one attached hydrogen (secondary N) is 1. The van der Waals surface area contributed by atoms with Gasteiger partial charge in [-0.3, -0.25) is 9.59 Å². The van der Waals surface area contributed by atoms with Crippen molar-refractivity contribution in [1.82, 2.24) is 15.1 Å². The molecule has 3 N–H and O–H groups in total. The van der Waals surface area contributed by atoms with Gasteiger partial charge in [0.25, 0.3) is 0 Å². The molecule has 1 aromatic heterocycles. The van der Waals surface area contributed by atoms with Crippen molar-refractivity contribution >= 4 is 45.7 Å². The fourth-order valence-corrected chi connectivity index (χ4v) is 4.71. The van der Waals surface area contributed by atoms with Crippen LogP contribution in [-0.4, -0.2) is 45.8 Å². The highest BCUT2D eigenvalue weighted by atomic mass is 32.2. The van der Waals surface area contributed by atoms with Gasteiger partial charge in [-0.25, -0.2) is 0 Å². The first-order chi connectivity index (χ1) is 12.9. The largest absolute Gasteiger partial charge is 0.369 e. The van der Waals surface area contributed by atoms with Crippen LogP contribution in [0.4, 0.5) is 10.8 Å². The number of aryl methyl sites for hydroxylation is 2. The van der Waals surface area contributed by atoms with Crippen molar-refractivity contribution in [2.75, 3.05) is 24.2 Å². The highest BCUT2D eigenvalue weighted by Crippen LogP contribution is 2.29. The van der Waals surface area contributed by atoms with Gasteiger partial charge in [-0.1, -0.05) is 40.8 Å². The van der Waals surface area contributed by atoms with E-state index in [0.29, 0.717) is 18.2 Å². The number of carbonyl (C=O) groups is 2. The average Bonchev–Trinajstić information content (AvgIpc) is 3.09. The number of piperidine rings is 1. The van der Waals surface area contributed by atoms with E-state index in [0.717, 1.165) is 28.4 Å². The Hall–Kier alpha value is -2.13. The van der Waals surface area contributed by atoms with Gasteiger partial charge in [0, 0.05) is 18.8 Å². The maximum atomic E-state index is 12.4. The Labute approximate surface area is 166 Å². The van der Waals surface area contributed by atoms with Crippen LogP contribution in [0.25, 0.3) is 0 Å². The number of primary amides is 1. The molecule has 2 aromatic rings. The van der Waals surface area contributed by atoms with E-state index in [2.05, 4.69) is 28.5 Å². The summed E-state index contributed by atoms with van der Waals surface area (Å²) in [6, 6.07) is 6.17. The van der Waals surface area contributed by atoms with Crippen molar-refractivity contribution in [2.45, 2.75) is 31.0 Å². The summed E-state index contributed by atoms with van der Waals surface area (Å²) in [5.41, 5.74) is 8.72. The molecule has 3 rings (SSSR count). The fourth-order valence-electron chi connectivity index (χ4n) is 3.04. The predicted octanol–water partition coefficient (Wildman–Crippen LogP) is 2.71. The molecule has 144 valence electrons. The SMILES string of the molecule is Cc1ccc(Nc2nnc(SCC(=O)N3CCC[C@H](C(N)=O)C3)s2)c(C)c1. The van der Waals surface area contributed by atoms with Crippen molar-refractivity contribution in [3.05, 3.63) is 29.3 Å². The van der Waals surface area contributed by atoms with Gasteiger partial charge < -0.3 is 16.0 Å². The van der Waals surface area contributed by atoms with Crippen molar-refractivity contribution in [1.29, 1.82) is 0 Å². The third-order valence-electron chi connectivity index (χ3n) is 4.53. The molecular formula is C18H23N5O2S2. The van der Waals surface area contributed by atoms with Gasteiger partial charge in [0.2, 0.25) is 16.9 Å².